The maximum absolute atomic E-state index is 12.4. The first kappa shape index (κ1) is 18.1. The van der Waals surface area contributed by atoms with Gasteiger partial charge in [-0.1, -0.05) is 6.07 Å². The normalized spacial score (nSPS) is 10.1. The lowest BCUT2D eigenvalue weighted by Crippen LogP contribution is -2.14. The second-order valence-corrected chi connectivity index (χ2v) is 5.71. The monoisotopic (exact) mass is 362 g/mol. The number of methoxy groups -OCH3 is 1. The molecule has 0 aliphatic rings. The van der Waals surface area contributed by atoms with Gasteiger partial charge in [0, 0.05) is 29.2 Å². The zero-order valence-corrected chi connectivity index (χ0v) is 14.9. The van der Waals surface area contributed by atoms with Crippen LogP contribution in [0.2, 0.25) is 0 Å². The molecule has 3 aromatic rings. The fourth-order valence-corrected chi connectivity index (χ4v) is 2.36. The summed E-state index contributed by atoms with van der Waals surface area (Å²) in [5, 5.41) is 5.78. The van der Waals surface area contributed by atoms with Crippen LogP contribution in [0.5, 0.6) is 5.75 Å². The fourth-order valence-electron chi connectivity index (χ4n) is 2.36. The standard InChI is InChI=1S/C20H18N4O3/c1-13(25)14-6-8-15(9-7-14)23-20-21-11-10-18(24-20)19(26)22-16-4-3-5-17(12-16)27-2/h3-12H,1-2H3,(H,22,26)(H,21,23,24). The molecule has 0 saturated heterocycles. The highest BCUT2D eigenvalue weighted by atomic mass is 16.5. The molecule has 3 rings (SSSR count). The van der Waals surface area contributed by atoms with Gasteiger partial charge in [0.05, 0.1) is 7.11 Å². The second kappa shape index (κ2) is 8.09. The van der Waals surface area contributed by atoms with Gasteiger partial charge in [0.25, 0.3) is 5.91 Å². The minimum absolute atomic E-state index is 0.00555. The summed E-state index contributed by atoms with van der Waals surface area (Å²) in [4.78, 5) is 32.1. The minimum atomic E-state index is -0.361. The van der Waals surface area contributed by atoms with E-state index in [0.29, 0.717) is 22.7 Å². The highest BCUT2D eigenvalue weighted by molar-refractivity contribution is 6.03. The highest BCUT2D eigenvalue weighted by Crippen LogP contribution is 2.18. The summed E-state index contributed by atoms with van der Waals surface area (Å²) >= 11 is 0. The van der Waals surface area contributed by atoms with Crippen molar-refractivity contribution >= 4 is 29.0 Å². The van der Waals surface area contributed by atoms with E-state index in [1.807, 2.05) is 0 Å². The van der Waals surface area contributed by atoms with Crippen LogP contribution in [0.25, 0.3) is 0 Å². The number of ether oxygens (including phenoxy) is 1. The molecule has 136 valence electrons. The van der Waals surface area contributed by atoms with Crippen LogP contribution in [0.15, 0.2) is 60.8 Å². The summed E-state index contributed by atoms with van der Waals surface area (Å²) in [5.74, 6) is 0.561. The van der Waals surface area contributed by atoms with Crippen molar-refractivity contribution in [2.75, 3.05) is 17.7 Å². The first-order valence-corrected chi connectivity index (χ1v) is 8.21. The number of carbonyl (C=O) groups excluding carboxylic acids is 2. The first-order valence-electron chi connectivity index (χ1n) is 8.21. The Morgan fingerprint density at radius 1 is 1.00 bits per heavy atom. The van der Waals surface area contributed by atoms with Crippen LogP contribution in [-0.2, 0) is 0 Å². The fraction of sp³-hybridized carbons (Fsp3) is 0.100. The molecule has 0 atom stereocenters. The van der Waals surface area contributed by atoms with Gasteiger partial charge in [0.1, 0.15) is 11.4 Å². The van der Waals surface area contributed by atoms with E-state index in [2.05, 4.69) is 20.6 Å². The molecule has 7 heteroatoms. The number of nitrogens with zero attached hydrogens (tertiary/aromatic N) is 2. The Kier molecular flexibility index (Phi) is 5.41. The molecule has 0 bridgehead atoms. The van der Waals surface area contributed by atoms with E-state index in [-0.39, 0.29) is 23.3 Å². The van der Waals surface area contributed by atoms with E-state index in [1.54, 1.807) is 55.6 Å². The third-order valence-electron chi connectivity index (χ3n) is 3.76. The predicted molar refractivity (Wildman–Crippen MR) is 103 cm³/mol. The third-order valence-corrected chi connectivity index (χ3v) is 3.76. The molecule has 1 heterocycles. The Morgan fingerprint density at radius 2 is 1.78 bits per heavy atom. The Hall–Kier alpha value is -3.74. The van der Waals surface area contributed by atoms with E-state index in [1.165, 1.54) is 19.2 Å². The molecule has 0 aliphatic carbocycles. The Bertz CT molecular complexity index is 971. The van der Waals surface area contributed by atoms with Crippen LogP contribution < -0.4 is 15.4 Å². The maximum atomic E-state index is 12.4. The van der Waals surface area contributed by atoms with Crippen molar-refractivity contribution in [2.24, 2.45) is 0 Å². The van der Waals surface area contributed by atoms with Crippen LogP contribution in [0.1, 0.15) is 27.8 Å². The number of carbonyl (C=O) groups is 2. The molecule has 27 heavy (non-hydrogen) atoms. The van der Waals surface area contributed by atoms with Crippen molar-refractivity contribution in [1.29, 1.82) is 0 Å². The van der Waals surface area contributed by atoms with Crippen molar-refractivity contribution in [1.82, 2.24) is 9.97 Å². The Labute approximate surface area is 156 Å². The van der Waals surface area contributed by atoms with Gasteiger partial charge >= 0.3 is 0 Å². The van der Waals surface area contributed by atoms with E-state index in [9.17, 15) is 9.59 Å². The summed E-state index contributed by atoms with van der Waals surface area (Å²) in [6, 6.07) is 15.5. The summed E-state index contributed by atoms with van der Waals surface area (Å²) in [6.07, 6.45) is 1.50. The summed E-state index contributed by atoms with van der Waals surface area (Å²) in [6.45, 7) is 1.51. The molecule has 0 radical (unpaired) electrons. The molecular weight excluding hydrogens is 344 g/mol. The third kappa shape index (κ3) is 4.66. The molecular formula is C20H18N4O3. The molecule has 0 fully saturated rings. The summed E-state index contributed by atoms with van der Waals surface area (Å²) < 4.78 is 5.14. The van der Waals surface area contributed by atoms with Crippen LogP contribution in [-0.4, -0.2) is 28.8 Å². The van der Waals surface area contributed by atoms with Crippen molar-refractivity contribution in [3.63, 3.8) is 0 Å². The molecule has 1 amide bonds. The van der Waals surface area contributed by atoms with Gasteiger partial charge in [-0.3, -0.25) is 9.59 Å². The van der Waals surface area contributed by atoms with Gasteiger partial charge in [0.2, 0.25) is 5.95 Å². The molecule has 1 aromatic heterocycles. The molecule has 0 aliphatic heterocycles. The average Bonchev–Trinajstić information content (AvgIpc) is 2.68. The van der Waals surface area contributed by atoms with Gasteiger partial charge in [-0.05, 0) is 49.4 Å². The van der Waals surface area contributed by atoms with E-state index in [0.717, 1.165) is 0 Å². The Morgan fingerprint density at radius 3 is 2.48 bits per heavy atom. The zero-order valence-electron chi connectivity index (χ0n) is 14.9. The molecule has 0 spiro atoms. The molecule has 0 saturated carbocycles. The van der Waals surface area contributed by atoms with Crippen molar-refractivity contribution < 1.29 is 14.3 Å². The number of ketones is 1. The van der Waals surface area contributed by atoms with E-state index < -0.39 is 0 Å². The van der Waals surface area contributed by atoms with Crippen LogP contribution >= 0.6 is 0 Å². The van der Waals surface area contributed by atoms with Crippen LogP contribution in [0, 0.1) is 0 Å². The number of hydrogen-bond donors (Lipinski definition) is 2. The number of rotatable bonds is 6. The van der Waals surface area contributed by atoms with Gasteiger partial charge in [-0.15, -0.1) is 0 Å². The molecule has 0 unspecified atom stereocenters. The molecule has 2 N–H and O–H groups in total. The van der Waals surface area contributed by atoms with Gasteiger partial charge in [-0.25, -0.2) is 9.97 Å². The predicted octanol–water partition coefficient (Wildman–Crippen LogP) is 3.68. The maximum Gasteiger partial charge on any atom is 0.274 e. The smallest absolute Gasteiger partial charge is 0.274 e. The largest absolute Gasteiger partial charge is 0.497 e. The van der Waals surface area contributed by atoms with Crippen molar-refractivity contribution in [3.05, 3.63) is 72.1 Å². The minimum Gasteiger partial charge on any atom is -0.497 e. The number of anilines is 3. The van der Waals surface area contributed by atoms with E-state index in [4.69, 9.17) is 4.74 Å². The quantitative estimate of drug-likeness (QED) is 0.650. The van der Waals surface area contributed by atoms with Gasteiger partial charge in [-0.2, -0.15) is 0 Å². The number of aromatic nitrogens is 2. The van der Waals surface area contributed by atoms with Crippen LogP contribution in [0.3, 0.4) is 0 Å². The average molecular weight is 362 g/mol. The van der Waals surface area contributed by atoms with E-state index >= 15 is 0 Å². The van der Waals surface area contributed by atoms with Gasteiger partial charge < -0.3 is 15.4 Å². The summed E-state index contributed by atoms with van der Waals surface area (Å²) in [7, 11) is 1.56. The SMILES string of the molecule is COc1cccc(NC(=O)c2ccnc(Nc3ccc(C(C)=O)cc3)n2)c1. The number of nitrogens with one attached hydrogen (secondary N) is 2. The van der Waals surface area contributed by atoms with Crippen LogP contribution in [0.4, 0.5) is 17.3 Å². The van der Waals surface area contributed by atoms with Gasteiger partial charge in [0.15, 0.2) is 5.78 Å². The number of amides is 1. The first-order chi connectivity index (χ1) is 13.0. The zero-order chi connectivity index (χ0) is 19.2. The Balaban J connectivity index is 1.72. The number of hydrogen-bond acceptors (Lipinski definition) is 6. The lowest BCUT2D eigenvalue weighted by atomic mass is 10.1. The number of benzene rings is 2. The molecule has 7 nitrogen and oxygen atoms in total. The topological polar surface area (TPSA) is 93.2 Å². The molecule has 2 aromatic carbocycles. The van der Waals surface area contributed by atoms with Crippen molar-refractivity contribution in [2.45, 2.75) is 6.92 Å². The second-order valence-electron chi connectivity index (χ2n) is 5.71. The lowest BCUT2D eigenvalue weighted by molar-refractivity contribution is 0.101. The summed E-state index contributed by atoms with van der Waals surface area (Å²) in [5.41, 5.74) is 2.15. The lowest BCUT2D eigenvalue weighted by Gasteiger charge is -2.08. The number of Topliss-reactive ketones (excluding diaryl/α,β-unsaturated/α-hetero) is 1. The van der Waals surface area contributed by atoms with Crippen molar-refractivity contribution in [3.8, 4) is 5.75 Å². The highest BCUT2D eigenvalue weighted by Gasteiger charge is 2.10.